The van der Waals surface area contributed by atoms with Crippen LogP contribution < -0.4 is 10.6 Å². The molecule has 0 fully saturated rings. The number of nitrogens with one attached hydrogen (secondary N) is 2. The number of hydrogen-bond acceptors (Lipinski definition) is 5. The first-order valence-electron chi connectivity index (χ1n) is 8.04. The number of anilines is 1. The van der Waals surface area contributed by atoms with Gasteiger partial charge in [0.25, 0.3) is 5.91 Å². The highest BCUT2D eigenvalue weighted by Crippen LogP contribution is 2.32. The van der Waals surface area contributed by atoms with Crippen LogP contribution in [0.3, 0.4) is 0 Å². The van der Waals surface area contributed by atoms with Crippen LogP contribution in [0.1, 0.15) is 23.2 Å². The topological polar surface area (TPSA) is 71.1 Å². The van der Waals surface area contributed by atoms with Gasteiger partial charge in [-0.1, -0.05) is 23.2 Å². The van der Waals surface area contributed by atoms with E-state index in [2.05, 4.69) is 15.6 Å². The molecule has 0 saturated heterocycles. The summed E-state index contributed by atoms with van der Waals surface area (Å²) in [5.41, 5.74) is 2.02. The third-order valence-corrected chi connectivity index (χ3v) is 5.61. The fourth-order valence-corrected chi connectivity index (χ4v) is 4.03. The van der Waals surface area contributed by atoms with Gasteiger partial charge in [0.1, 0.15) is 0 Å². The van der Waals surface area contributed by atoms with Crippen LogP contribution in [-0.4, -0.2) is 23.3 Å². The molecule has 2 N–H and O–H groups in total. The molecule has 0 unspecified atom stereocenters. The van der Waals surface area contributed by atoms with E-state index in [9.17, 15) is 9.59 Å². The van der Waals surface area contributed by atoms with Crippen molar-refractivity contribution in [1.82, 2.24) is 10.3 Å². The predicted molar refractivity (Wildman–Crippen MR) is 112 cm³/mol. The largest absolute Gasteiger partial charge is 0.352 e. The summed E-state index contributed by atoms with van der Waals surface area (Å²) in [4.78, 5) is 28.2. The van der Waals surface area contributed by atoms with Gasteiger partial charge in [-0.15, -0.1) is 11.3 Å². The van der Waals surface area contributed by atoms with Crippen LogP contribution in [0.5, 0.6) is 0 Å². The molecule has 9 heteroatoms. The molecule has 27 heavy (non-hydrogen) atoms. The number of thiophene rings is 1. The summed E-state index contributed by atoms with van der Waals surface area (Å²) in [7, 11) is 0. The van der Waals surface area contributed by atoms with Crippen LogP contribution in [0.25, 0.3) is 11.3 Å². The number of rotatable bonds is 7. The van der Waals surface area contributed by atoms with Crippen LogP contribution >= 0.6 is 45.9 Å². The van der Waals surface area contributed by atoms with Gasteiger partial charge in [0, 0.05) is 39.9 Å². The summed E-state index contributed by atoms with van der Waals surface area (Å²) in [5.74, 6) is -0.280. The third-order valence-electron chi connectivity index (χ3n) is 3.60. The predicted octanol–water partition coefficient (Wildman–Crippen LogP) is 5.33. The molecule has 3 rings (SSSR count). The number of benzene rings is 1. The summed E-state index contributed by atoms with van der Waals surface area (Å²) in [5, 5.41) is 12.6. The van der Waals surface area contributed by atoms with E-state index in [4.69, 9.17) is 23.2 Å². The Morgan fingerprint density at radius 3 is 2.78 bits per heavy atom. The van der Waals surface area contributed by atoms with Crippen LogP contribution in [0, 0.1) is 0 Å². The Balaban J connectivity index is 1.47. The first-order chi connectivity index (χ1) is 13.0. The molecule has 3 aromatic rings. The molecule has 0 aliphatic carbocycles. The Hall–Kier alpha value is -1.93. The zero-order chi connectivity index (χ0) is 19.2. The number of aromatic nitrogens is 1. The lowest BCUT2D eigenvalue weighted by molar-refractivity contribution is -0.116. The van der Waals surface area contributed by atoms with Crippen LogP contribution in [-0.2, 0) is 4.79 Å². The van der Waals surface area contributed by atoms with Crippen molar-refractivity contribution in [3.05, 3.63) is 56.0 Å². The third kappa shape index (κ3) is 5.52. The molecular formula is C18H15Cl2N3O2S2. The molecule has 2 amide bonds. The highest BCUT2D eigenvalue weighted by molar-refractivity contribution is 7.14. The maximum Gasteiger partial charge on any atom is 0.252 e. The van der Waals surface area contributed by atoms with E-state index in [0.29, 0.717) is 39.4 Å². The van der Waals surface area contributed by atoms with E-state index in [1.54, 1.807) is 29.6 Å². The van der Waals surface area contributed by atoms with Crippen LogP contribution in [0.15, 0.2) is 40.4 Å². The number of hydrogen-bond donors (Lipinski definition) is 2. The molecule has 0 spiro atoms. The van der Waals surface area contributed by atoms with E-state index in [1.165, 1.54) is 22.7 Å². The standard InChI is InChI=1S/C18H15Cl2N3O2S2/c19-12-3-4-14(20)13(8-12)15-10-27-18(22-15)23-16(24)2-1-6-21-17(25)11-5-7-26-9-11/h3-5,7-10H,1-2,6H2,(H,21,25)(H,22,23,24). The second kappa shape index (κ2) is 9.32. The van der Waals surface area contributed by atoms with Crippen molar-refractivity contribution in [2.24, 2.45) is 0 Å². The average Bonchev–Trinajstić information content (AvgIpc) is 3.32. The fraction of sp³-hybridized carbons (Fsp3) is 0.167. The zero-order valence-electron chi connectivity index (χ0n) is 14.0. The summed E-state index contributed by atoms with van der Waals surface area (Å²) in [6, 6.07) is 6.92. The summed E-state index contributed by atoms with van der Waals surface area (Å²) < 4.78 is 0. The van der Waals surface area contributed by atoms with E-state index in [0.717, 1.165) is 5.56 Å². The molecule has 0 aliphatic heterocycles. The van der Waals surface area contributed by atoms with Crippen molar-refractivity contribution >= 4 is 62.8 Å². The normalized spacial score (nSPS) is 10.6. The molecule has 0 atom stereocenters. The number of carbonyl (C=O) groups is 2. The molecule has 2 heterocycles. The zero-order valence-corrected chi connectivity index (χ0v) is 17.1. The Morgan fingerprint density at radius 2 is 2.00 bits per heavy atom. The van der Waals surface area contributed by atoms with Crippen LogP contribution in [0.4, 0.5) is 5.13 Å². The maximum atomic E-state index is 12.0. The minimum Gasteiger partial charge on any atom is -0.352 e. The minimum absolute atomic E-state index is 0.125. The molecule has 0 bridgehead atoms. The lowest BCUT2D eigenvalue weighted by Gasteiger charge is -2.04. The Bertz CT molecular complexity index is 942. The van der Waals surface area contributed by atoms with Crippen molar-refractivity contribution in [3.8, 4) is 11.3 Å². The second-order valence-corrected chi connectivity index (χ2v) is 8.06. The van der Waals surface area contributed by atoms with Gasteiger partial charge in [-0.25, -0.2) is 4.98 Å². The quantitative estimate of drug-likeness (QED) is 0.488. The number of nitrogens with zero attached hydrogens (tertiary/aromatic N) is 1. The van der Waals surface area contributed by atoms with E-state index >= 15 is 0 Å². The van der Waals surface area contributed by atoms with Gasteiger partial charge in [0.15, 0.2) is 5.13 Å². The number of amides is 2. The SMILES string of the molecule is O=C(CCCNC(=O)c1ccsc1)Nc1nc(-c2cc(Cl)ccc2Cl)cs1. The monoisotopic (exact) mass is 439 g/mol. The Labute approximate surface area is 174 Å². The van der Waals surface area contributed by atoms with Gasteiger partial charge in [-0.05, 0) is 36.1 Å². The smallest absolute Gasteiger partial charge is 0.252 e. The van der Waals surface area contributed by atoms with Gasteiger partial charge in [-0.2, -0.15) is 11.3 Å². The van der Waals surface area contributed by atoms with Crippen molar-refractivity contribution in [3.63, 3.8) is 0 Å². The summed E-state index contributed by atoms with van der Waals surface area (Å²) in [6.07, 6.45) is 0.830. The highest BCUT2D eigenvalue weighted by atomic mass is 35.5. The van der Waals surface area contributed by atoms with Crippen molar-refractivity contribution in [1.29, 1.82) is 0 Å². The molecule has 140 valence electrons. The highest BCUT2D eigenvalue weighted by Gasteiger charge is 2.11. The first kappa shape index (κ1) is 19.8. The van der Waals surface area contributed by atoms with Gasteiger partial charge >= 0.3 is 0 Å². The lowest BCUT2D eigenvalue weighted by Crippen LogP contribution is -2.25. The summed E-state index contributed by atoms with van der Waals surface area (Å²) in [6.45, 7) is 0.434. The molecule has 0 saturated carbocycles. The Kier molecular flexibility index (Phi) is 6.84. The molecule has 0 aliphatic rings. The molecular weight excluding hydrogens is 425 g/mol. The van der Waals surface area contributed by atoms with Crippen molar-refractivity contribution in [2.75, 3.05) is 11.9 Å². The van der Waals surface area contributed by atoms with Crippen LogP contribution in [0.2, 0.25) is 10.0 Å². The number of halogens is 2. The Morgan fingerprint density at radius 1 is 1.15 bits per heavy atom. The average molecular weight is 440 g/mol. The molecule has 1 aromatic carbocycles. The van der Waals surface area contributed by atoms with Gasteiger partial charge in [0.2, 0.25) is 5.91 Å². The molecule has 0 radical (unpaired) electrons. The van der Waals surface area contributed by atoms with E-state index in [-0.39, 0.29) is 18.2 Å². The van der Waals surface area contributed by atoms with E-state index < -0.39 is 0 Å². The summed E-state index contributed by atoms with van der Waals surface area (Å²) >= 11 is 15.0. The number of carbonyl (C=O) groups excluding carboxylic acids is 2. The van der Waals surface area contributed by atoms with Gasteiger partial charge < -0.3 is 10.6 Å². The fourth-order valence-electron chi connectivity index (χ4n) is 2.28. The van der Waals surface area contributed by atoms with Crippen molar-refractivity contribution < 1.29 is 9.59 Å². The van der Waals surface area contributed by atoms with Crippen molar-refractivity contribution in [2.45, 2.75) is 12.8 Å². The lowest BCUT2D eigenvalue weighted by atomic mass is 10.2. The number of thiazole rings is 1. The van der Waals surface area contributed by atoms with E-state index in [1.807, 2.05) is 10.8 Å². The minimum atomic E-state index is -0.155. The maximum absolute atomic E-state index is 12.0. The first-order valence-corrected chi connectivity index (χ1v) is 10.6. The van der Waals surface area contributed by atoms with Gasteiger partial charge in [0.05, 0.1) is 10.7 Å². The second-order valence-electron chi connectivity index (χ2n) is 5.58. The molecule has 2 aromatic heterocycles. The van der Waals surface area contributed by atoms with Gasteiger partial charge in [-0.3, -0.25) is 9.59 Å². The molecule has 5 nitrogen and oxygen atoms in total.